The lowest BCUT2D eigenvalue weighted by Crippen LogP contribution is -2.20. The molecule has 1 heterocycles. The van der Waals surface area contributed by atoms with Gasteiger partial charge in [-0.2, -0.15) is 0 Å². The summed E-state index contributed by atoms with van der Waals surface area (Å²) < 4.78 is 11.0. The lowest BCUT2D eigenvalue weighted by atomic mass is 9.96. The van der Waals surface area contributed by atoms with Crippen LogP contribution in [0.2, 0.25) is 0 Å². The van der Waals surface area contributed by atoms with Gasteiger partial charge in [-0.15, -0.1) is 0 Å². The number of carbonyl (C=O) groups excluding carboxylic acids is 1. The molecule has 0 saturated carbocycles. The first-order chi connectivity index (χ1) is 9.67. The van der Waals surface area contributed by atoms with Gasteiger partial charge in [0, 0.05) is 0 Å². The number of fused-ring (bicyclic) bond motifs is 1. The lowest BCUT2D eigenvalue weighted by Gasteiger charge is -2.25. The topological polar surface area (TPSA) is 55.8 Å². The molecular weight excluding hydrogens is 256 g/mol. The second-order valence-electron chi connectivity index (χ2n) is 4.69. The normalized spacial score (nSPS) is 17.2. The van der Waals surface area contributed by atoms with Gasteiger partial charge in [0.2, 0.25) is 0 Å². The zero-order valence-electron chi connectivity index (χ0n) is 11.0. The summed E-state index contributed by atoms with van der Waals surface area (Å²) in [5.41, 5.74) is 1.37. The minimum atomic E-state index is -0.301. The van der Waals surface area contributed by atoms with Crippen LogP contribution in [-0.4, -0.2) is 18.0 Å². The van der Waals surface area contributed by atoms with Crippen LogP contribution in [-0.2, 0) is 0 Å². The Bertz CT molecular complexity index is 646. The molecule has 0 spiro atoms. The van der Waals surface area contributed by atoms with Crippen molar-refractivity contribution in [3.05, 3.63) is 53.6 Å². The second-order valence-corrected chi connectivity index (χ2v) is 4.69. The van der Waals surface area contributed by atoms with Gasteiger partial charge in [-0.1, -0.05) is 12.1 Å². The number of Topliss-reactive ketones (excluding diaryl/α,β-unsaturated/α-hetero) is 1. The predicted molar refractivity (Wildman–Crippen MR) is 73.4 cm³/mol. The van der Waals surface area contributed by atoms with E-state index >= 15 is 0 Å². The summed E-state index contributed by atoms with van der Waals surface area (Å²) in [4.78, 5) is 12.1. The highest BCUT2D eigenvalue weighted by atomic mass is 16.5. The number of ketones is 1. The van der Waals surface area contributed by atoms with E-state index in [1.165, 1.54) is 12.1 Å². The van der Waals surface area contributed by atoms with Crippen LogP contribution in [0.4, 0.5) is 0 Å². The number of phenolic OH excluding ortho intramolecular Hbond substituents is 1. The largest absolute Gasteiger partial charge is 0.508 e. The van der Waals surface area contributed by atoms with Gasteiger partial charge in [-0.3, -0.25) is 4.79 Å². The highest BCUT2D eigenvalue weighted by Crippen LogP contribution is 2.36. The summed E-state index contributed by atoms with van der Waals surface area (Å²) in [6, 6.07) is 12.1. The third-order valence-corrected chi connectivity index (χ3v) is 3.39. The van der Waals surface area contributed by atoms with Crippen LogP contribution >= 0.6 is 0 Å². The van der Waals surface area contributed by atoms with E-state index in [2.05, 4.69) is 0 Å². The maximum absolute atomic E-state index is 12.1. The highest BCUT2D eigenvalue weighted by molar-refractivity contribution is 6.00. The summed E-state index contributed by atoms with van der Waals surface area (Å²) in [7, 11) is 1.61. The Hall–Kier alpha value is -2.49. The Morgan fingerprint density at radius 3 is 2.65 bits per heavy atom. The van der Waals surface area contributed by atoms with Crippen molar-refractivity contribution >= 4 is 5.78 Å². The molecule has 1 aliphatic rings. The van der Waals surface area contributed by atoms with Crippen LogP contribution < -0.4 is 9.47 Å². The van der Waals surface area contributed by atoms with Gasteiger partial charge in [-0.05, 0) is 35.9 Å². The number of phenols is 1. The zero-order valence-corrected chi connectivity index (χ0v) is 11.0. The fourth-order valence-corrected chi connectivity index (χ4v) is 2.32. The maximum Gasteiger partial charge on any atom is 0.170 e. The molecule has 3 rings (SSSR count). The third kappa shape index (κ3) is 2.20. The van der Waals surface area contributed by atoms with Gasteiger partial charge in [0.1, 0.15) is 23.4 Å². The summed E-state index contributed by atoms with van der Waals surface area (Å²) >= 11 is 0. The van der Waals surface area contributed by atoms with Crippen LogP contribution in [0.1, 0.15) is 28.4 Å². The number of aromatic hydroxyl groups is 1. The summed E-state index contributed by atoms with van der Waals surface area (Å²) in [5, 5.41) is 9.42. The molecular formula is C16H14O4. The number of ether oxygens (including phenoxy) is 2. The fraction of sp³-hybridized carbons (Fsp3) is 0.188. The zero-order chi connectivity index (χ0) is 14.1. The standard InChI is InChI=1S/C16H14O4/c1-19-12-5-2-10(3-6-12)16-9-14(18)13-8-11(17)4-7-15(13)20-16/h2-8,16-17H,9H2,1H3/t16-/m0/s1. The van der Waals surface area contributed by atoms with Crippen LogP contribution in [0.15, 0.2) is 42.5 Å². The second kappa shape index (κ2) is 4.89. The Morgan fingerprint density at radius 1 is 1.20 bits per heavy atom. The van der Waals surface area contributed by atoms with Crippen LogP contribution in [0.25, 0.3) is 0 Å². The molecule has 4 heteroatoms. The molecule has 0 amide bonds. The summed E-state index contributed by atoms with van der Waals surface area (Å²) in [5.74, 6) is 1.33. The molecule has 0 unspecified atom stereocenters. The van der Waals surface area contributed by atoms with Gasteiger partial charge in [0.05, 0.1) is 19.1 Å². The first kappa shape index (κ1) is 12.5. The van der Waals surface area contributed by atoms with Crippen LogP contribution in [0, 0.1) is 0 Å². The Balaban J connectivity index is 1.90. The highest BCUT2D eigenvalue weighted by Gasteiger charge is 2.27. The minimum Gasteiger partial charge on any atom is -0.508 e. The van der Waals surface area contributed by atoms with Crippen molar-refractivity contribution in [2.45, 2.75) is 12.5 Å². The molecule has 2 aromatic rings. The van der Waals surface area contributed by atoms with Crippen molar-refractivity contribution < 1.29 is 19.4 Å². The van der Waals surface area contributed by atoms with E-state index in [0.29, 0.717) is 11.3 Å². The smallest absolute Gasteiger partial charge is 0.170 e. The van der Waals surface area contributed by atoms with Crippen LogP contribution in [0.5, 0.6) is 17.2 Å². The number of rotatable bonds is 2. The SMILES string of the molecule is COc1ccc([C@@H]2CC(=O)c3cc(O)ccc3O2)cc1. The van der Waals surface area contributed by atoms with E-state index in [1.807, 2.05) is 24.3 Å². The Morgan fingerprint density at radius 2 is 1.95 bits per heavy atom. The van der Waals surface area contributed by atoms with Crippen LogP contribution in [0.3, 0.4) is 0 Å². The van der Waals surface area contributed by atoms with Crippen molar-refractivity contribution in [3.63, 3.8) is 0 Å². The monoisotopic (exact) mass is 270 g/mol. The maximum atomic E-state index is 12.1. The predicted octanol–water partition coefficient (Wildman–Crippen LogP) is 3.11. The van der Waals surface area contributed by atoms with E-state index in [0.717, 1.165) is 11.3 Å². The van der Waals surface area contributed by atoms with Crippen molar-refractivity contribution in [1.29, 1.82) is 0 Å². The number of hydrogen-bond donors (Lipinski definition) is 1. The molecule has 0 aliphatic carbocycles. The van der Waals surface area contributed by atoms with E-state index in [-0.39, 0.29) is 24.1 Å². The molecule has 4 nitrogen and oxygen atoms in total. The Kier molecular flexibility index (Phi) is 3.06. The number of hydrogen-bond acceptors (Lipinski definition) is 4. The van der Waals surface area contributed by atoms with Crippen molar-refractivity contribution in [3.8, 4) is 17.2 Å². The first-order valence-electron chi connectivity index (χ1n) is 6.34. The van der Waals surface area contributed by atoms with E-state index in [4.69, 9.17) is 9.47 Å². The van der Waals surface area contributed by atoms with E-state index in [1.54, 1.807) is 13.2 Å². The fourth-order valence-electron chi connectivity index (χ4n) is 2.32. The molecule has 0 fully saturated rings. The average molecular weight is 270 g/mol. The number of methoxy groups -OCH3 is 1. The molecule has 1 N–H and O–H groups in total. The van der Waals surface area contributed by atoms with Gasteiger partial charge in [-0.25, -0.2) is 0 Å². The molecule has 2 aromatic carbocycles. The molecule has 0 bridgehead atoms. The molecule has 0 aromatic heterocycles. The van der Waals surface area contributed by atoms with Gasteiger partial charge < -0.3 is 14.6 Å². The van der Waals surface area contributed by atoms with Crippen molar-refractivity contribution in [1.82, 2.24) is 0 Å². The van der Waals surface area contributed by atoms with Gasteiger partial charge >= 0.3 is 0 Å². The summed E-state index contributed by atoms with van der Waals surface area (Å²) in [6.45, 7) is 0. The molecule has 1 aliphatic heterocycles. The molecule has 0 saturated heterocycles. The lowest BCUT2D eigenvalue weighted by molar-refractivity contribution is 0.0849. The third-order valence-electron chi connectivity index (χ3n) is 3.39. The quantitative estimate of drug-likeness (QED) is 0.911. The molecule has 102 valence electrons. The molecule has 20 heavy (non-hydrogen) atoms. The van der Waals surface area contributed by atoms with Crippen molar-refractivity contribution in [2.75, 3.05) is 7.11 Å². The van der Waals surface area contributed by atoms with Gasteiger partial charge in [0.15, 0.2) is 5.78 Å². The minimum absolute atomic E-state index is 0.0250. The van der Waals surface area contributed by atoms with E-state index in [9.17, 15) is 9.90 Å². The first-order valence-corrected chi connectivity index (χ1v) is 6.34. The van der Waals surface area contributed by atoms with E-state index < -0.39 is 0 Å². The molecule has 0 radical (unpaired) electrons. The Labute approximate surface area is 116 Å². The average Bonchev–Trinajstić information content (AvgIpc) is 2.48. The summed E-state index contributed by atoms with van der Waals surface area (Å²) in [6.07, 6.45) is -0.0339. The molecule has 1 atom stereocenters. The number of benzene rings is 2. The number of carbonyl (C=O) groups is 1. The van der Waals surface area contributed by atoms with Gasteiger partial charge in [0.25, 0.3) is 0 Å². The van der Waals surface area contributed by atoms with Crippen molar-refractivity contribution in [2.24, 2.45) is 0 Å².